The molecular formula is C10H16N4OS. The zero-order valence-electron chi connectivity index (χ0n) is 9.49. The van der Waals surface area contributed by atoms with Crippen LogP contribution in [0.5, 0.6) is 0 Å². The van der Waals surface area contributed by atoms with Gasteiger partial charge in [0.2, 0.25) is 5.91 Å². The van der Waals surface area contributed by atoms with Crippen molar-refractivity contribution in [3.63, 3.8) is 0 Å². The molecule has 2 heterocycles. The number of rotatable bonds is 2. The second-order valence-electron chi connectivity index (χ2n) is 4.36. The van der Waals surface area contributed by atoms with E-state index in [0.717, 1.165) is 18.1 Å². The van der Waals surface area contributed by atoms with Gasteiger partial charge in [-0.2, -0.15) is 0 Å². The molecule has 3 N–H and O–H groups in total. The van der Waals surface area contributed by atoms with Crippen molar-refractivity contribution in [2.75, 3.05) is 30.8 Å². The first kappa shape index (κ1) is 11.2. The molecule has 1 aromatic rings. The van der Waals surface area contributed by atoms with Crippen LogP contribution in [0.4, 0.5) is 10.1 Å². The molecule has 1 aliphatic heterocycles. The number of carbonyl (C=O) groups is 1. The van der Waals surface area contributed by atoms with Crippen LogP contribution in [-0.4, -0.2) is 31.0 Å². The average molecular weight is 240 g/mol. The minimum absolute atomic E-state index is 0.0968. The van der Waals surface area contributed by atoms with Crippen LogP contribution in [0, 0.1) is 5.41 Å². The highest BCUT2D eigenvalue weighted by Gasteiger charge is 2.40. The quantitative estimate of drug-likeness (QED) is 0.798. The number of carbonyl (C=O) groups excluding carboxylic acids is 1. The SMILES string of the molecule is CNC(=O)C1(C)CCN(c2ncc(N)s2)C1. The minimum Gasteiger partial charge on any atom is -0.389 e. The summed E-state index contributed by atoms with van der Waals surface area (Å²) in [7, 11) is 1.68. The van der Waals surface area contributed by atoms with Crippen LogP contribution in [0.1, 0.15) is 13.3 Å². The van der Waals surface area contributed by atoms with Crippen LogP contribution in [0.15, 0.2) is 6.20 Å². The molecule has 1 saturated heterocycles. The summed E-state index contributed by atoms with van der Waals surface area (Å²) in [5.74, 6) is 0.0968. The number of nitrogens with zero attached hydrogens (tertiary/aromatic N) is 2. The molecule has 0 spiro atoms. The lowest BCUT2D eigenvalue weighted by Crippen LogP contribution is -2.39. The number of hydrogen-bond donors (Lipinski definition) is 2. The standard InChI is InChI=1S/C10H16N4OS/c1-10(8(15)12-2)3-4-14(6-10)9-13-5-7(11)16-9/h5H,3-4,6,11H2,1-2H3,(H,12,15). The van der Waals surface area contributed by atoms with Gasteiger partial charge in [-0.05, 0) is 13.3 Å². The molecule has 0 aromatic carbocycles. The van der Waals surface area contributed by atoms with Gasteiger partial charge >= 0.3 is 0 Å². The number of aromatic nitrogens is 1. The Bertz CT molecular complexity index is 405. The maximum atomic E-state index is 11.7. The molecule has 1 aromatic heterocycles. The van der Waals surface area contributed by atoms with E-state index in [4.69, 9.17) is 5.73 Å². The van der Waals surface area contributed by atoms with E-state index in [1.807, 2.05) is 6.92 Å². The fraction of sp³-hybridized carbons (Fsp3) is 0.600. The second kappa shape index (κ2) is 3.93. The Labute approximate surface area is 98.7 Å². The molecule has 0 saturated carbocycles. The smallest absolute Gasteiger partial charge is 0.227 e. The second-order valence-corrected chi connectivity index (χ2v) is 5.40. The van der Waals surface area contributed by atoms with Crippen molar-refractivity contribution in [2.45, 2.75) is 13.3 Å². The van der Waals surface area contributed by atoms with Crippen molar-refractivity contribution in [3.05, 3.63) is 6.20 Å². The number of nitrogen functional groups attached to an aromatic ring is 1. The molecule has 88 valence electrons. The number of hydrogen-bond acceptors (Lipinski definition) is 5. The van der Waals surface area contributed by atoms with E-state index in [-0.39, 0.29) is 11.3 Å². The van der Waals surface area contributed by atoms with Gasteiger partial charge < -0.3 is 16.0 Å². The Morgan fingerprint density at radius 3 is 3.06 bits per heavy atom. The lowest BCUT2D eigenvalue weighted by molar-refractivity contribution is -0.128. The van der Waals surface area contributed by atoms with Gasteiger partial charge in [0, 0.05) is 20.1 Å². The summed E-state index contributed by atoms with van der Waals surface area (Å²) in [4.78, 5) is 18.1. The lowest BCUT2D eigenvalue weighted by atomic mass is 9.89. The van der Waals surface area contributed by atoms with E-state index in [1.54, 1.807) is 13.2 Å². The lowest BCUT2D eigenvalue weighted by Gasteiger charge is -2.22. The minimum atomic E-state index is -0.310. The van der Waals surface area contributed by atoms with Crippen molar-refractivity contribution in [3.8, 4) is 0 Å². The number of amides is 1. The monoisotopic (exact) mass is 240 g/mol. The molecule has 0 bridgehead atoms. The van der Waals surface area contributed by atoms with Gasteiger partial charge in [-0.25, -0.2) is 4.98 Å². The fourth-order valence-electron chi connectivity index (χ4n) is 2.03. The van der Waals surface area contributed by atoms with Crippen molar-refractivity contribution in [1.29, 1.82) is 0 Å². The number of anilines is 2. The van der Waals surface area contributed by atoms with Gasteiger partial charge in [-0.15, -0.1) is 0 Å². The van der Waals surface area contributed by atoms with Gasteiger partial charge in [0.15, 0.2) is 5.13 Å². The average Bonchev–Trinajstić information content (AvgIpc) is 2.84. The molecular weight excluding hydrogens is 224 g/mol. The summed E-state index contributed by atoms with van der Waals surface area (Å²) in [6.45, 7) is 3.55. The number of thiazole rings is 1. The highest BCUT2D eigenvalue weighted by atomic mass is 32.1. The van der Waals surface area contributed by atoms with Crippen LogP contribution >= 0.6 is 11.3 Å². The van der Waals surface area contributed by atoms with Crippen LogP contribution in [-0.2, 0) is 4.79 Å². The summed E-state index contributed by atoms with van der Waals surface area (Å²) in [5.41, 5.74) is 5.34. The van der Waals surface area contributed by atoms with Gasteiger partial charge in [0.05, 0.1) is 11.6 Å². The van der Waals surface area contributed by atoms with Crippen LogP contribution < -0.4 is 16.0 Å². The Morgan fingerprint density at radius 2 is 2.50 bits per heavy atom. The molecule has 6 heteroatoms. The summed E-state index contributed by atoms with van der Waals surface area (Å²) in [6.07, 6.45) is 2.52. The van der Waals surface area contributed by atoms with Crippen molar-refractivity contribution >= 4 is 27.4 Å². The predicted octanol–water partition coefficient (Wildman–Crippen LogP) is 0.688. The zero-order valence-corrected chi connectivity index (χ0v) is 10.3. The first-order valence-electron chi connectivity index (χ1n) is 5.23. The number of nitrogens with two attached hydrogens (primary N) is 1. The van der Waals surface area contributed by atoms with Crippen LogP contribution in [0.2, 0.25) is 0 Å². The van der Waals surface area contributed by atoms with Gasteiger partial charge in [-0.3, -0.25) is 4.79 Å². The third-order valence-corrected chi connectivity index (χ3v) is 3.92. The maximum Gasteiger partial charge on any atom is 0.227 e. The Kier molecular flexibility index (Phi) is 2.75. The Morgan fingerprint density at radius 1 is 1.75 bits per heavy atom. The Balaban J connectivity index is 2.11. The van der Waals surface area contributed by atoms with E-state index in [1.165, 1.54) is 11.3 Å². The van der Waals surface area contributed by atoms with E-state index >= 15 is 0 Å². The molecule has 2 rings (SSSR count). The molecule has 0 radical (unpaired) electrons. The summed E-state index contributed by atoms with van der Waals surface area (Å²) >= 11 is 1.47. The number of nitrogens with one attached hydrogen (secondary N) is 1. The van der Waals surface area contributed by atoms with E-state index in [2.05, 4.69) is 15.2 Å². The molecule has 1 aliphatic rings. The normalized spacial score (nSPS) is 24.8. The topological polar surface area (TPSA) is 71.2 Å². The molecule has 1 atom stereocenters. The van der Waals surface area contributed by atoms with Crippen molar-refractivity contribution in [1.82, 2.24) is 10.3 Å². The van der Waals surface area contributed by atoms with Gasteiger partial charge in [0.1, 0.15) is 5.00 Å². The van der Waals surface area contributed by atoms with Crippen molar-refractivity contribution in [2.24, 2.45) is 5.41 Å². The molecule has 1 fully saturated rings. The molecule has 1 amide bonds. The largest absolute Gasteiger partial charge is 0.389 e. The fourth-order valence-corrected chi connectivity index (χ4v) is 2.74. The third-order valence-electron chi connectivity index (χ3n) is 3.03. The van der Waals surface area contributed by atoms with E-state index in [9.17, 15) is 4.79 Å². The molecule has 0 aliphatic carbocycles. The molecule has 1 unspecified atom stereocenters. The van der Waals surface area contributed by atoms with Crippen molar-refractivity contribution < 1.29 is 4.79 Å². The highest BCUT2D eigenvalue weighted by Crippen LogP contribution is 2.35. The van der Waals surface area contributed by atoms with E-state index < -0.39 is 0 Å². The maximum absolute atomic E-state index is 11.7. The summed E-state index contributed by atoms with van der Waals surface area (Å²) < 4.78 is 0. The van der Waals surface area contributed by atoms with Crippen LogP contribution in [0.3, 0.4) is 0 Å². The van der Waals surface area contributed by atoms with Crippen LogP contribution in [0.25, 0.3) is 0 Å². The molecule has 5 nitrogen and oxygen atoms in total. The summed E-state index contributed by atoms with van der Waals surface area (Å²) in [6, 6.07) is 0. The molecule has 16 heavy (non-hydrogen) atoms. The Hall–Kier alpha value is -1.30. The van der Waals surface area contributed by atoms with E-state index in [0.29, 0.717) is 11.5 Å². The first-order valence-corrected chi connectivity index (χ1v) is 6.05. The first-order chi connectivity index (χ1) is 7.55. The summed E-state index contributed by atoms with van der Waals surface area (Å²) in [5, 5.41) is 4.34. The zero-order chi connectivity index (χ0) is 11.8. The van der Waals surface area contributed by atoms with Gasteiger partial charge in [0.25, 0.3) is 0 Å². The van der Waals surface area contributed by atoms with Gasteiger partial charge in [-0.1, -0.05) is 11.3 Å². The highest BCUT2D eigenvalue weighted by molar-refractivity contribution is 7.19. The third kappa shape index (κ3) is 1.84. The predicted molar refractivity (Wildman–Crippen MR) is 65.5 cm³/mol.